The average Bonchev–Trinajstić information content (AvgIpc) is 2.22. The van der Waals surface area contributed by atoms with Crippen LogP contribution in [0.2, 0.25) is 0 Å². The average molecular weight is 228 g/mol. The first-order chi connectivity index (χ1) is 7.62. The number of hydrogen-bond donors (Lipinski definition) is 0. The maximum atomic E-state index is 10.4. The van der Waals surface area contributed by atoms with Crippen molar-refractivity contribution in [2.24, 2.45) is 0 Å². The molecule has 16 heavy (non-hydrogen) atoms. The van der Waals surface area contributed by atoms with Crippen LogP contribution in [-0.2, 0) is 4.79 Å². The molecule has 0 aliphatic carbocycles. The van der Waals surface area contributed by atoms with Gasteiger partial charge in [-0.25, -0.2) is 0 Å². The van der Waals surface area contributed by atoms with Crippen molar-refractivity contribution in [2.45, 2.75) is 58.3 Å². The Bertz CT molecular complexity index is 166. The van der Waals surface area contributed by atoms with Crippen molar-refractivity contribution in [3.05, 3.63) is 0 Å². The fraction of sp³-hybridized carbons (Fsp3) is 0.929. The molecule has 0 rings (SSSR count). The van der Waals surface area contributed by atoms with Crippen LogP contribution in [0.3, 0.4) is 0 Å². The largest absolute Gasteiger partial charge is 0.323 e. The van der Waals surface area contributed by atoms with Crippen LogP contribution >= 0.6 is 0 Å². The Hall–Kier alpha value is -0.370. The van der Waals surface area contributed by atoms with Gasteiger partial charge >= 0.3 is 0 Å². The Morgan fingerprint density at radius 3 is 1.88 bits per heavy atom. The van der Waals surface area contributed by atoms with Crippen molar-refractivity contribution in [1.29, 1.82) is 0 Å². The zero-order chi connectivity index (χ0) is 12.3. The second-order valence-electron chi connectivity index (χ2n) is 5.48. The van der Waals surface area contributed by atoms with Crippen LogP contribution in [-0.4, -0.2) is 38.0 Å². The Morgan fingerprint density at radius 1 is 0.875 bits per heavy atom. The van der Waals surface area contributed by atoms with Crippen molar-refractivity contribution >= 4 is 6.29 Å². The lowest BCUT2D eigenvalue weighted by Crippen LogP contribution is -2.41. The minimum atomic E-state index is 0.649. The molecular formula is C14H30NO+. The molecule has 0 aromatic heterocycles. The fourth-order valence-electron chi connectivity index (χ4n) is 1.97. The van der Waals surface area contributed by atoms with Gasteiger partial charge in [-0.2, -0.15) is 0 Å². The molecule has 0 saturated carbocycles. The summed E-state index contributed by atoms with van der Waals surface area (Å²) in [4.78, 5) is 10.4. The van der Waals surface area contributed by atoms with Crippen LogP contribution in [0.15, 0.2) is 0 Å². The maximum Gasteiger partial charge on any atom is 0.174 e. The fourth-order valence-corrected chi connectivity index (χ4v) is 1.97. The molecule has 0 fully saturated rings. The van der Waals surface area contributed by atoms with Crippen LogP contribution in [0.4, 0.5) is 0 Å². The third-order valence-electron chi connectivity index (χ3n) is 3.19. The van der Waals surface area contributed by atoms with E-state index in [4.69, 9.17) is 0 Å². The third-order valence-corrected chi connectivity index (χ3v) is 3.19. The highest BCUT2D eigenvalue weighted by molar-refractivity contribution is 5.50. The highest BCUT2D eigenvalue weighted by Crippen LogP contribution is 2.09. The molecule has 0 heterocycles. The molecule has 0 aromatic carbocycles. The summed E-state index contributed by atoms with van der Waals surface area (Å²) in [5, 5.41) is 0. The molecule has 2 heteroatoms. The van der Waals surface area contributed by atoms with Gasteiger partial charge < -0.3 is 4.48 Å². The van der Waals surface area contributed by atoms with Gasteiger partial charge in [-0.3, -0.25) is 4.79 Å². The molecule has 2 nitrogen and oxygen atoms in total. The van der Waals surface area contributed by atoms with Gasteiger partial charge in [0.1, 0.15) is 6.54 Å². The van der Waals surface area contributed by atoms with E-state index in [1.54, 1.807) is 0 Å². The van der Waals surface area contributed by atoms with Crippen LogP contribution in [0.5, 0.6) is 0 Å². The van der Waals surface area contributed by atoms with Crippen LogP contribution < -0.4 is 0 Å². The summed E-state index contributed by atoms with van der Waals surface area (Å²) >= 11 is 0. The number of nitrogens with zero attached hydrogens (tertiary/aromatic N) is 1. The molecule has 0 radical (unpaired) electrons. The molecule has 0 aliphatic rings. The third kappa shape index (κ3) is 10.2. The summed E-state index contributed by atoms with van der Waals surface area (Å²) in [7, 11) is 4.27. The predicted octanol–water partition coefficient (Wildman–Crippen LogP) is 3.40. The number of rotatable bonds is 11. The minimum absolute atomic E-state index is 0.649. The summed E-state index contributed by atoms with van der Waals surface area (Å²) in [5.74, 6) is 0. The normalized spacial score (nSPS) is 11.7. The van der Waals surface area contributed by atoms with Gasteiger partial charge in [-0.15, -0.1) is 0 Å². The highest BCUT2D eigenvalue weighted by Gasteiger charge is 2.12. The number of likely N-dealkylation sites (N-methyl/N-ethyl adjacent to an activating group) is 1. The van der Waals surface area contributed by atoms with E-state index in [1.165, 1.54) is 51.4 Å². The summed E-state index contributed by atoms with van der Waals surface area (Å²) in [6, 6.07) is 0. The number of carbonyl (C=O) groups is 1. The zero-order valence-electron chi connectivity index (χ0n) is 11.5. The van der Waals surface area contributed by atoms with E-state index in [-0.39, 0.29) is 0 Å². The summed E-state index contributed by atoms with van der Waals surface area (Å²) in [6.45, 7) is 4.04. The summed E-state index contributed by atoms with van der Waals surface area (Å²) < 4.78 is 0.847. The van der Waals surface area contributed by atoms with Crippen LogP contribution in [0, 0.1) is 0 Å². The van der Waals surface area contributed by atoms with Crippen molar-refractivity contribution in [3.63, 3.8) is 0 Å². The SMILES string of the molecule is CCCCCCCCCC[N+](C)(C)CC=O. The Balaban J connectivity index is 3.23. The van der Waals surface area contributed by atoms with Gasteiger partial charge in [-0.1, -0.05) is 45.4 Å². The molecule has 0 aliphatic heterocycles. The minimum Gasteiger partial charge on any atom is -0.323 e. The molecule has 0 saturated heterocycles. The first-order valence-corrected chi connectivity index (χ1v) is 6.88. The van der Waals surface area contributed by atoms with Gasteiger partial charge in [0.15, 0.2) is 6.29 Å². The highest BCUT2D eigenvalue weighted by atomic mass is 16.1. The monoisotopic (exact) mass is 228 g/mol. The second kappa shape index (κ2) is 9.83. The standard InChI is InChI=1S/C14H30NO/c1-4-5-6-7-8-9-10-11-12-15(2,3)13-14-16/h14H,4-13H2,1-3H3/q+1. The molecule has 0 unspecified atom stereocenters. The van der Waals surface area contributed by atoms with E-state index in [1.807, 2.05) is 0 Å². The number of quaternary nitrogens is 1. The van der Waals surface area contributed by atoms with E-state index in [0.29, 0.717) is 6.54 Å². The maximum absolute atomic E-state index is 10.4. The van der Waals surface area contributed by atoms with Crippen LogP contribution in [0.25, 0.3) is 0 Å². The summed E-state index contributed by atoms with van der Waals surface area (Å²) in [5.41, 5.74) is 0. The van der Waals surface area contributed by atoms with E-state index in [9.17, 15) is 4.79 Å². The lowest BCUT2D eigenvalue weighted by atomic mass is 10.1. The summed E-state index contributed by atoms with van der Waals surface area (Å²) in [6.07, 6.45) is 11.9. The second-order valence-corrected chi connectivity index (χ2v) is 5.48. The van der Waals surface area contributed by atoms with Crippen molar-refractivity contribution in [3.8, 4) is 0 Å². The smallest absolute Gasteiger partial charge is 0.174 e. The molecule has 0 N–H and O–H groups in total. The predicted molar refractivity (Wildman–Crippen MR) is 70.5 cm³/mol. The van der Waals surface area contributed by atoms with Gasteiger partial charge in [0.25, 0.3) is 0 Å². The Kier molecular flexibility index (Phi) is 9.60. The molecule has 0 amide bonds. The van der Waals surface area contributed by atoms with Crippen molar-refractivity contribution in [2.75, 3.05) is 27.2 Å². The van der Waals surface area contributed by atoms with Crippen LogP contribution in [0.1, 0.15) is 58.3 Å². The van der Waals surface area contributed by atoms with Gasteiger partial charge in [0.05, 0.1) is 20.6 Å². The lowest BCUT2D eigenvalue weighted by Gasteiger charge is -2.27. The van der Waals surface area contributed by atoms with E-state index in [0.717, 1.165) is 17.3 Å². The molecule has 0 bridgehead atoms. The first-order valence-electron chi connectivity index (χ1n) is 6.88. The number of carbonyl (C=O) groups excluding carboxylic acids is 1. The Labute approximate surface area is 102 Å². The van der Waals surface area contributed by atoms with Crippen molar-refractivity contribution in [1.82, 2.24) is 0 Å². The number of aldehydes is 1. The van der Waals surface area contributed by atoms with Crippen molar-refractivity contribution < 1.29 is 9.28 Å². The van der Waals surface area contributed by atoms with E-state index < -0.39 is 0 Å². The number of unbranched alkanes of at least 4 members (excludes halogenated alkanes) is 7. The topological polar surface area (TPSA) is 17.1 Å². The quantitative estimate of drug-likeness (QED) is 0.301. The molecule has 0 aromatic rings. The van der Waals surface area contributed by atoms with Gasteiger partial charge in [-0.05, 0) is 12.8 Å². The van der Waals surface area contributed by atoms with E-state index >= 15 is 0 Å². The molecular weight excluding hydrogens is 198 g/mol. The van der Waals surface area contributed by atoms with Gasteiger partial charge in [0, 0.05) is 0 Å². The molecule has 96 valence electrons. The Morgan fingerprint density at radius 2 is 1.38 bits per heavy atom. The van der Waals surface area contributed by atoms with E-state index in [2.05, 4.69) is 21.0 Å². The van der Waals surface area contributed by atoms with Gasteiger partial charge in [0.2, 0.25) is 0 Å². The lowest BCUT2D eigenvalue weighted by molar-refractivity contribution is -0.881. The number of hydrogen-bond acceptors (Lipinski definition) is 1. The molecule has 0 atom stereocenters. The molecule has 0 spiro atoms. The first kappa shape index (κ1) is 15.6. The zero-order valence-corrected chi connectivity index (χ0v) is 11.5.